The van der Waals surface area contributed by atoms with Gasteiger partial charge >= 0.3 is 0 Å². The maximum atomic E-state index is 12.8. The van der Waals surface area contributed by atoms with Gasteiger partial charge in [-0.25, -0.2) is 8.78 Å². The zero-order valence-corrected chi connectivity index (χ0v) is 8.86. The second-order valence-electron chi connectivity index (χ2n) is 3.65. The molecule has 0 spiro atoms. The smallest absolute Gasteiger partial charge is 0.211 e. The van der Waals surface area contributed by atoms with Crippen molar-refractivity contribution in [2.24, 2.45) is 0 Å². The molecule has 2 rings (SSSR count). The van der Waals surface area contributed by atoms with Crippen molar-refractivity contribution in [3.8, 4) is 0 Å². The van der Waals surface area contributed by atoms with Gasteiger partial charge in [-0.15, -0.1) is 0 Å². The van der Waals surface area contributed by atoms with Gasteiger partial charge in [0, 0.05) is 0 Å². The standard InChI is InChI=1S/C14H9F2O/c15-12-5-1-10(2-6-12)14(9-17)11-3-7-13(16)8-4-11/h1-8,14H. The molecule has 0 unspecified atom stereocenters. The van der Waals surface area contributed by atoms with Crippen LogP contribution >= 0.6 is 0 Å². The Labute approximate surface area is 97.7 Å². The Balaban J connectivity index is 2.36. The van der Waals surface area contributed by atoms with E-state index in [1.54, 1.807) is 0 Å². The van der Waals surface area contributed by atoms with Gasteiger partial charge in [-0.05, 0) is 35.4 Å². The van der Waals surface area contributed by atoms with E-state index in [0.717, 1.165) is 0 Å². The summed E-state index contributed by atoms with van der Waals surface area (Å²) in [5.41, 5.74) is 1.26. The SMILES string of the molecule is O=[C]C(c1ccc(F)cc1)c1ccc(F)cc1. The normalized spacial score (nSPS) is 10.5. The summed E-state index contributed by atoms with van der Waals surface area (Å²) in [4.78, 5) is 11.0. The minimum atomic E-state index is -0.615. The van der Waals surface area contributed by atoms with E-state index < -0.39 is 5.92 Å². The van der Waals surface area contributed by atoms with Crippen molar-refractivity contribution in [1.82, 2.24) is 0 Å². The number of hydrogen-bond donors (Lipinski definition) is 0. The van der Waals surface area contributed by atoms with Crippen molar-refractivity contribution < 1.29 is 13.6 Å². The maximum absolute atomic E-state index is 12.8. The van der Waals surface area contributed by atoms with Crippen LogP contribution in [-0.2, 0) is 4.79 Å². The van der Waals surface area contributed by atoms with Gasteiger partial charge in [-0.3, -0.25) is 4.79 Å². The van der Waals surface area contributed by atoms with E-state index >= 15 is 0 Å². The lowest BCUT2D eigenvalue weighted by molar-refractivity contribution is 0.549. The van der Waals surface area contributed by atoms with Crippen LogP contribution in [0.5, 0.6) is 0 Å². The van der Waals surface area contributed by atoms with Gasteiger partial charge in [0.05, 0.1) is 5.92 Å². The molecule has 0 bridgehead atoms. The molecule has 0 atom stereocenters. The van der Waals surface area contributed by atoms with Crippen LogP contribution in [0.2, 0.25) is 0 Å². The van der Waals surface area contributed by atoms with Gasteiger partial charge in [-0.1, -0.05) is 24.3 Å². The average Bonchev–Trinajstić information content (AvgIpc) is 2.35. The molecule has 0 saturated heterocycles. The van der Waals surface area contributed by atoms with Gasteiger partial charge in [0.1, 0.15) is 11.6 Å². The number of halogens is 2. The first-order valence-electron chi connectivity index (χ1n) is 5.09. The molecule has 0 aromatic heterocycles. The van der Waals surface area contributed by atoms with Crippen molar-refractivity contribution in [2.75, 3.05) is 0 Å². The lowest BCUT2D eigenvalue weighted by Crippen LogP contribution is -2.02. The third-order valence-corrected chi connectivity index (χ3v) is 2.52. The van der Waals surface area contributed by atoms with Gasteiger partial charge in [0.2, 0.25) is 6.29 Å². The van der Waals surface area contributed by atoms with Gasteiger partial charge in [-0.2, -0.15) is 0 Å². The molecule has 0 amide bonds. The summed E-state index contributed by atoms with van der Waals surface area (Å²) in [6, 6.07) is 11.2. The van der Waals surface area contributed by atoms with Crippen molar-refractivity contribution in [2.45, 2.75) is 5.92 Å². The topological polar surface area (TPSA) is 17.1 Å². The highest BCUT2D eigenvalue weighted by Gasteiger charge is 2.14. The van der Waals surface area contributed by atoms with Crippen LogP contribution in [-0.4, -0.2) is 6.29 Å². The lowest BCUT2D eigenvalue weighted by Gasteiger charge is -2.10. The third-order valence-electron chi connectivity index (χ3n) is 2.52. The highest BCUT2D eigenvalue weighted by molar-refractivity contribution is 5.68. The monoisotopic (exact) mass is 231 g/mol. The Morgan fingerprint density at radius 1 is 0.765 bits per heavy atom. The predicted molar refractivity (Wildman–Crippen MR) is 60.3 cm³/mol. The van der Waals surface area contributed by atoms with E-state index in [0.29, 0.717) is 11.1 Å². The zero-order chi connectivity index (χ0) is 12.3. The van der Waals surface area contributed by atoms with E-state index in [1.165, 1.54) is 48.5 Å². The molecular formula is C14H9F2O. The fourth-order valence-electron chi connectivity index (χ4n) is 1.64. The second kappa shape index (κ2) is 4.87. The molecule has 0 saturated carbocycles. The van der Waals surface area contributed by atoms with E-state index in [2.05, 4.69) is 0 Å². The van der Waals surface area contributed by atoms with Crippen LogP contribution < -0.4 is 0 Å². The molecule has 0 heterocycles. The molecule has 2 aromatic carbocycles. The molecule has 0 N–H and O–H groups in total. The Morgan fingerprint density at radius 2 is 1.12 bits per heavy atom. The maximum Gasteiger partial charge on any atom is 0.211 e. The number of rotatable bonds is 3. The summed E-state index contributed by atoms with van der Waals surface area (Å²) in [5, 5.41) is 0. The van der Waals surface area contributed by atoms with Crippen molar-refractivity contribution >= 4 is 6.29 Å². The van der Waals surface area contributed by atoms with Crippen LogP contribution in [0.1, 0.15) is 17.0 Å². The first kappa shape index (κ1) is 11.5. The molecule has 1 nitrogen and oxygen atoms in total. The third kappa shape index (κ3) is 2.56. The fourth-order valence-corrected chi connectivity index (χ4v) is 1.64. The molecule has 0 aliphatic rings. The molecule has 0 aliphatic heterocycles. The second-order valence-corrected chi connectivity index (χ2v) is 3.65. The molecule has 0 fully saturated rings. The number of hydrogen-bond acceptors (Lipinski definition) is 1. The number of carbonyl (C=O) groups excluding carboxylic acids is 1. The summed E-state index contributed by atoms with van der Waals surface area (Å²) in [7, 11) is 0. The van der Waals surface area contributed by atoms with E-state index in [4.69, 9.17) is 0 Å². The number of benzene rings is 2. The van der Waals surface area contributed by atoms with Gasteiger partial charge in [0.25, 0.3) is 0 Å². The van der Waals surface area contributed by atoms with E-state index in [9.17, 15) is 13.6 Å². The Hall–Kier alpha value is -2.03. The molecule has 17 heavy (non-hydrogen) atoms. The Morgan fingerprint density at radius 3 is 1.41 bits per heavy atom. The summed E-state index contributed by atoms with van der Waals surface area (Å²) in [6.45, 7) is 0. The highest BCUT2D eigenvalue weighted by atomic mass is 19.1. The summed E-state index contributed by atoms with van der Waals surface area (Å²) in [6.07, 6.45) is 1.88. The molecular weight excluding hydrogens is 222 g/mol. The first-order valence-corrected chi connectivity index (χ1v) is 5.09. The lowest BCUT2D eigenvalue weighted by atomic mass is 9.93. The van der Waals surface area contributed by atoms with Gasteiger partial charge < -0.3 is 0 Å². The summed E-state index contributed by atoms with van der Waals surface area (Å²) >= 11 is 0. The summed E-state index contributed by atoms with van der Waals surface area (Å²) < 4.78 is 25.5. The molecule has 3 heteroatoms. The van der Waals surface area contributed by atoms with Crippen LogP contribution in [0.3, 0.4) is 0 Å². The predicted octanol–water partition coefficient (Wildman–Crippen LogP) is 3.21. The minimum absolute atomic E-state index is 0.363. The quantitative estimate of drug-likeness (QED) is 0.792. The zero-order valence-electron chi connectivity index (χ0n) is 8.86. The Bertz CT molecular complexity index is 457. The molecule has 0 aliphatic carbocycles. The Kier molecular flexibility index (Phi) is 3.28. The first-order chi connectivity index (χ1) is 8.20. The van der Waals surface area contributed by atoms with Crippen molar-refractivity contribution in [3.63, 3.8) is 0 Å². The van der Waals surface area contributed by atoms with E-state index in [-0.39, 0.29) is 11.6 Å². The van der Waals surface area contributed by atoms with Crippen LogP contribution in [0.4, 0.5) is 8.78 Å². The minimum Gasteiger partial charge on any atom is -0.290 e. The highest BCUT2D eigenvalue weighted by Crippen LogP contribution is 2.23. The van der Waals surface area contributed by atoms with Crippen LogP contribution in [0, 0.1) is 11.6 Å². The molecule has 85 valence electrons. The molecule has 2 aromatic rings. The van der Waals surface area contributed by atoms with Crippen LogP contribution in [0.25, 0.3) is 0 Å². The van der Waals surface area contributed by atoms with Crippen molar-refractivity contribution in [3.05, 3.63) is 71.3 Å². The largest absolute Gasteiger partial charge is 0.290 e. The van der Waals surface area contributed by atoms with Crippen molar-refractivity contribution in [1.29, 1.82) is 0 Å². The average molecular weight is 231 g/mol. The van der Waals surface area contributed by atoms with Gasteiger partial charge in [0.15, 0.2) is 0 Å². The fraction of sp³-hybridized carbons (Fsp3) is 0.0714. The molecule has 1 radical (unpaired) electrons. The summed E-state index contributed by atoms with van der Waals surface area (Å²) in [5.74, 6) is -1.34. The van der Waals surface area contributed by atoms with E-state index in [1.807, 2.05) is 6.29 Å². The van der Waals surface area contributed by atoms with Crippen LogP contribution in [0.15, 0.2) is 48.5 Å².